The molecule has 0 amide bonds. The van der Waals surface area contributed by atoms with E-state index in [1.165, 1.54) is 42.5 Å². The normalized spacial score (nSPS) is 12.4. The summed E-state index contributed by atoms with van der Waals surface area (Å²) < 4.78 is 0. The van der Waals surface area contributed by atoms with Gasteiger partial charge in [-0.25, -0.2) is 0 Å². The third-order valence-electron chi connectivity index (χ3n) is 3.57. The number of hydrogen-bond acceptors (Lipinski definition) is 2. The van der Waals surface area contributed by atoms with E-state index in [0.29, 0.717) is 6.04 Å². The van der Waals surface area contributed by atoms with Crippen LogP contribution in [0.5, 0.6) is 0 Å². The van der Waals surface area contributed by atoms with E-state index in [9.17, 15) is 0 Å². The van der Waals surface area contributed by atoms with E-state index in [-0.39, 0.29) is 0 Å². The maximum Gasteiger partial charge on any atom is 0.0115 e. The molecule has 1 atom stereocenters. The Morgan fingerprint density at radius 2 is 1.95 bits per heavy atom. The fraction of sp³-hybridized carbons (Fsp3) is 0.444. The molecule has 0 bridgehead atoms. The first-order valence-corrected chi connectivity index (χ1v) is 8.56. The molecular formula is C18H25NS. The monoisotopic (exact) mass is 287 g/mol. The van der Waals surface area contributed by atoms with E-state index in [1.54, 1.807) is 0 Å². The summed E-state index contributed by atoms with van der Waals surface area (Å²) in [4.78, 5) is 1.50. The molecule has 0 fully saturated rings. The number of nitrogens with one attached hydrogen (secondary N) is 1. The van der Waals surface area contributed by atoms with Crippen LogP contribution in [0.1, 0.15) is 36.6 Å². The second-order valence-corrected chi connectivity index (χ2v) is 6.34. The first-order valence-electron chi connectivity index (χ1n) is 7.68. The van der Waals surface area contributed by atoms with E-state index >= 15 is 0 Å². The highest BCUT2D eigenvalue weighted by molar-refractivity contribution is 7.09. The van der Waals surface area contributed by atoms with Gasteiger partial charge in [-0.1, -0.05) is 43.3 Å². The average Bonchev–Trinajstić information content (AvgIpc) is 2.98. The maximum atomic E-state index is 3.70. The number of aryl methyl sites for hydroxylation is 1. The van der Waals surface area contributed by atoms with Crippen LogP contribution in [0.15, 0.2) is 47.8 Å². The SMILES string of the molecule is CCCNC(CCCc1ccccc1)Cc1cccs1. The van der Waals surface area contributed by atoms with Gasteiger partial charge in [-0.2, -0.15) is 0 Å². The quantitative estimate of drug-likeness (QED) is 0.706. The molecule has 1 unspecified atom stereocenters. The van der Waals surface area contributed by atoms with E-state index in [4.69, 9.17) is 0 Å². The van der Waals surface area contributed by atoms with Crippen molar-refractivity contribution < 1.29 is 0 Å². The van der Waals surface area contributed by atoms with Crippen LogP contribution in [-0.4, -0.2) is 12.6 Å². The van der Waals surface area contributed by atoms with Gasteiger partial charge in [0.1, 0.15) is 0 Å². The van der Waals surface area contributed by atoms with Crippen molar-refractivity contribution in [1.82, 2.24) is 5.32 Å². The molecule has 2 aromatic rings. The third-order valence-corrected chi connectivity index (χ3v) is 4.47. The maximum absolute atomic E-state index is 3.70. The molecule has 1 N–H and O–H groups in total. The van der Waals surface area contributed by atoms with Crippen LogP contribution in [0, 0.1) is 0 Å². The lowest BCUT2D eigenvalue weighted by Gasteiger charge is -2.17. The van der Waals surface area contributed by atoms with Gasteiger partial charge in [-0.15, -0.1) is 11.3 Å². The lowest BCUT2D eigenvalue weighted by molar-refractivity contribution is 0.467. The van der Waals surface area contributed by atoms with Crippen LogP contribution in [0.4, 0.5) is 0 Å². The summed E-state index contributed by atoms with van der Waals surface area (Å²) in [6.07, 6.45) is 6.09. The zero-order valence-corrected chi connectivity index (χ0v) is 13.2. The van der Waals surface area contributed by atoms with Gasteiger partial charge in [-0.05, 0) is 55.7 Å². The van der Waals surface area contributed by atoms with Crippen molar-refractivity contribution in [2.45, 2.75) is 45.1 Å². The molecule has 2 rings (SSSR count). The summed E-state index contributed by atoms with van der Waals surface area (Å²) in [5, 5.41) is 5.88. The van der Waals surface area contributed by atoms with Gasteiger partial charge in [-0.3, -0.25) is 0 Å². The third kappa shape index (κ3) is 5.48. The van der Waals surface area contributed by atoms with Crippen LogP contribution < -0.4 is 5.32 Å². The molecule has 2 heteroatoms. The molecule has 0 spiro atoms. The Morgan fingerprint density at radius 3 is 2.65 bits per heavy atom. The van der Waals surface area contributed by atoms with Gasteiger partial charge in [0, 0.05) is 10.9 Å². The van der Waals surface area contributed by atoms with Crippen LogP contribution in [0.3, 0.4) is 0 Å². The smallest absolute Gasteiger partial charge is 0.0115 e. The van der Waals surface area contributed by atoms with Crippen LogP contribution in [-0.2, 0) is 12.8 Å². The molecule has 20 heavy (non-hydrogen) atoms. The molecule has 0 saturated carbocycles. The van der Waals surface area contributed by atoms with Crippen LogP contribution >= 0.6 is 11.3 Å². The van der Waals surface area contributed by atoms with Crippen LogP contribution in [0.25, 0.3) is 0 Å². The Morgan fingerprint density at radius 1 is 1.10 bits per heavy atom. The van der Waals surface area contributed by atoms with Crippen molar-refractivity contribution in [3.05, 3.63) is 58.3 Å². The zero-order chi connectivity index (χ0) is 14.0. The largest absolute Gasteiger partial charge is 0.314 e. The zero-order valence-electron chi connectivity index (χ0n) is 12.3. The molecular weight excluding hydrogens is 262 g/mol. The molecule has 1 heterocycles. The number of benzene rings is 1. The van der Waals surface area contributed by atoms with E-state index in [2.05, 4.69) is 60.1 Å². The standard InChI is InChI=1S/C18H25NS/c1-2-13-19-17(15-18-12-7-14-20-18)11-6-10-16-8-4-3-5-9-16/h3-5,7-9,12,14,17,19H,2,6,10-11,13,15H2,1H3. The molecule has 1 aromatic heterocycles. The van der Waals surface area contributed by atoms with E-state index in [1.807, 2.05) is 11.3 Å². The minimum atomic E-state index is 0.623. The first-order chi connectivity index (χ1) is 9.88. The number of hydrogen-bond donors (Lipinski definition) is 1. The van der Waals surface area contributed by atoms with Gasteiger partial charge >= 0.3 is 0 Å². The second-order valence-electron chi connectivity index (χ2n) is 5.31. The highest BCUT2D eigenvalue weighted by atomic mass is 32.1. The minimum absolute atomic E-state index is 0.623. The lowest BCUT2D eigenvalue weighted by atomic mass is 10.0. The molecule has 1 nitrogen and oxygen atoms in total. The first kappa shape index (κ1) is 15.3. The topological polar surface area (TPSA) is 12.0 Å². The van der Waals surface area contributed by atoms with Crippen molar-refractivity contribution in [2.75, 3.05) is 6.54 Å². The van der Waals surface area contributed by atoms with E-state index in [0.717, 1.165) is 6.54 Å². The predicted octanol–water partition coefficient (Wildman–Crippen LogP) is 4.68. The summed E-state index contributed by atoms with van der Waals surface area (Å²) in [5.74, 6) is 0. The molecule has 1 aromatic carbocycles. The Bertz CT molecular complexity index is 450. The summed E-state index contributed by atoms with van der Waals surface area (Å²) in [6.45, 7) is 3.36. The fourth-order valence-corrected chi connectivity index (χ4v) is 3.28. The van der Waals surface area contributed by atoms with Gasteiger partial charge in [0.25, 0.3) is 0 Å². The molecule has 0 saturated heterocycles. The summed E-state index contributed by atoms with van der Waals surface area (Å²) in [5.41, 5.74) is 1.46. The summed E-state index contributed by atoms with van der Waals surface area (Å²) in [6, 6.07) is 15.8. The molecule has 108 valence electrons. The molecule has 0 aliphatic rings. The fourth-order valence-electron chi connectivity index (χ4n) is 2.49. The molecule has 0 aliphatic heterocycles. The minimum Gasteiger partial charge on any atom is -0.314 e. The lowest BCUT2D eigenvalue weighted by Crippen LogP contribution is -2.31. The Balaban J connectivity index is 1.78. The highest BCUT2D eigenvalue weighted by Gasteiger charge is 2.09. The Kier molecular flexibility index (Phi) is 6.82. The Labute approximate surface area is 127 Å². The van der Waals surface area contributed by atoms with Crippen molar-refractivity contribution >= 4 is 11.3 Å². The van der Waals surface area contributed by atoms with Crippen LogP contribution in [0.2, 0.25) is 0 Å². The summed E-state index contributed by atoms with van der Waals surface area (Å²) >= 11 is 1.87. The highest BCUT2D eigenvalue weighted by Crippen LogP contribution is 2.15. The summed E-state index contributed by atoms with van der Waals surface area (Å²) in [7, 11) is 0. The number of thiophene rings is 1. The van der Waals surface area contributed by atoms with Crippen molar-refractivity contribution in [2.24, 2.45) is 0 Å². The van der Waals surface area contributed by atoms with Crippen molar-refractivity contribution in [1.29, 1.82) is 0 Å². The molecule has 0 aliphatic carbocycles. The van der Waals surface area contributed by atoms with Crippen molar-refractivity contribution in [3.63, 3.8) is 0 Å². The van der Waals surface area contributed by atoms with Gasteiger partial charge in [0.15, 0.2) is 0 Å². The number of rotatable bonds is 9. The predicted molar refractivity (Wildman–Crippen MR) is 89.5 cm³/mol. The Hall–Kier alpha value is -1.12. The van der Waals surface area contributed by atoms with Gasteiger partial charge in [0.05, 0.1) is 0 Å². The van der Waals surface area contributed by atoms with Crippen molar-refractivity contribution in [3.8, 4) is 0 Å². The van der Waals surface area contributed by atoms with E-state index < -0.39 is 0 Å². The molecule has 0 radical (unpaired) electrons. The second kappa shape index (κ2) is 8.93. The van der Waals surface area contributed by atoms with Gasteiger partial charge in [0.2, 0.25) is 0 Å². The van der Waals surface area contributed by atoms with Gasteiger partial charge < -0.3 is 5.32 Å². The average molecular weight is 287 g/mol.